The summed E-state index contributed by atoms with van der Waals surface area (Å²) in [6, 6.07) is 1.07. The molecule has 3 N–H and O–H groups in total. The molecule has 1 fully saturated rings. The lowest BCUT2D eigenvalue weighted by atomic mass is 10.1. The van der Waals surface area contributed by atoms with Crippen molar-refractivity contribution in [1.82, 2.24) is 9.55 Å². The minimum atomic E-state index is -1.34. The van der Waals surface area contributed by atoms with Gasteiger partial charge in [-0.25, -0.2) is 14.2 Å². The largest absolute Gasteiger partial charge is 0.477 e. The van der Waals surface area contributed by atoms with Gasteiger partial charge in [0.05, 0.1) is 11.9 Å². The van der Waals surface area contributed by atoms with Crippen LogP contribution in [0.1, 0.15) is 34.9 Å². The summed E-state index contributed by atoms with van der Waals surface area (Å²) in [4.78, 5) is 27.5. The number of fused-ring (bicyclic) bond motifs is 1. The third-order valence-electron chi connectivity index (χ3n) is 3.44. The standard InChI is InChI=1S/C15H12FN3O3/c16-11-6-9-13(20)10(15(21)22)7-19(8-3-4-8)14(9)18-12(11)2-1-5-17/h6-8H,3-5,17H2,(H,21,22). The van der Waals surface area contributed by atoms with E-state index >= 15 is 0 Å². The first-order valence-electron chi connectivity index (χ1n) is 6.70. The van der Waals surface area contributed by atoms with Crippen molar-refractivity contribution < 1.29 is 14.3 Å². The lowest BCUT2D eigenvalue weighted by Gasteiger charge is -2.11. The molecule has 1 aliphatic carbocycles. The van der Waals surface area contributed by atoms with Gasteiger partial charge in [-0.15, -0.1) is 0 Å². The molecule has 0 unspecified atom stereocenters. The van der Waals surface area contributed by atoms with Crippen molar-refractivity contribution in [2.75, 3.05) is 6.54 Å². The molecule has 2 aromatic rings. The fourth-order valence-electron chi connectivity index (χ4n) is 2.25. The van der Waals surface area contributed by atoms with Crippen LogP contribution in [0.3, 0.4) is 0 Å². The fraction of sp³-hybridized carbons (Fsp3) is 0.267. The van der Waals surface area contributed by atoms with Crippen LogP contribution in [0, 0.1) is 17.7 Å². The molecule has 22 heavy (non-hydrogen) atoms. The van der Waals surface area contributed by atoms with Crippen LogP contribution in [0.2, 0.25) is 0 Å². The molecule has 0 atom stereocenters. The maximum Gasteiger partial charge on any atom is 0.341 e. The van der Waals surface area contributed by atoms with Crippen molar-refractivity contribution in [1.29, 1.82) is 0 Å². The molecule has 3 rings (SSSR count). The maximum absolute atomic E-state index is 14.0. The predicted molar refractivity (Wildman–Crippen MR) is 77.1 cm³/mol. The van der Waals surface area contributed by atoms with Crippen molar-refractivity contribution in [3.63, 3.8) is 0 Å². The SMILES string of the molecule is NCC#Cc1nc2c(cc1F)c(=O)c(C(=O)O)cn2C1CC1. The average molecular weight is 301 g/mol. The average Bonchev–Trinajstić information content (AvgIpc) is 3.30. The third kappa shape index (κ3) is 2.34. The molecule has 112 valence electrons. The van der Waals surface area contributed by atoms with Crippen LogP contribution in [-0.4, -0.2) is 27.2 Å². The highest BCUT2D eigenvalue weighted by Crippen LogP contribution is 2.36. The van der Waals surface area contributed by atoms with E-state index in [1.165, 1.54) is 6.20 Å². The van der Waals surface area contributed by atoms with E-state index in [4.69, 9.17) is 10.8 Å². The number of carboxylic acids is 1. The molecule has 6 nitrogen and oxygen atoms in total. The van der Waals surface area contributed by atoms with Gasteiger partial charge in [0.1, 0.15) is 11.2 Å². The summed E-state index contributed by atoms with van der Waals surface area (Å²) in [6.07, 6.45) is 3.00. The summed E-state index contributed by atoms with van der Waals surface area (Å²) in [5.41, 5.74) is 4.27. The number of rotatable bonds is 2. The van der Waals surface area contributed by atoms with Crippen LogP contribution < -0.4 is 11.2 Å². The van der Waals surface area contributed by atoms with E-state index in [2.05, 4.69) is 16.8 Å². The molecule has 0 radical (unpaired) electrons. The summed E-state index contributed by atoms with van der Waals surface area (Å²) < 4.78 is 15.6. The first kappa shape index (κ1) is 14.2. The Labute approximate surface area is 124 Å². The van der Waals surface area contributed by atoms with Crippen LogP contribution in [0.15, 0.2) is 17.1 Å². The summed E-state index contributed by atoms with van der Waals surface area (Å²) >= 11 is 0. The molecule has 0 bridgehead atoms. The van der Waals surface area contributed by atoms with Gasteiger partial charge in [-0.1, -0.05) is 5.92 Å². The van der Waals surface area contributed by atoms with Gasteiger partial charge in [-0.3, -0.25) is 4.79 Å². The molecule has 0 amide bonds. The van der Waals surface area contributed by atoms with Crippen LogP contribution in [0.5, 0.6) is 0 Å². The van der Waals surface area contributed by atoms with E-state index in [9.17, 15) is 14.0 Å². The Morgan fingerprint density at radius 1 is 1.55 bits per heavy atom. The van der Waals surface area contributed by atoms with Crippen molar-refractivity contribution in [2.24, 2.45) is 5.73 Å². The quantitative estimate of drug-likeness (QED) is 0.802. The van der Waals surface area contributed by atoms with Crippen molar-refractivity contribution in [3.05, 3.63) is 39.6 Å². The molecule has 1 aliphatic rings. The minimum absolute atomic E-state index is 0.0531. The van der Waals surface area contributed by atoms with E-state index < -0.39 is 17.2 Å². The van der Waals surface area contributed by atoms with Crippen molar-refractivity contribution in [2.45, 2.75) is 18.9 Å². The van der Waals surface area contributed by atoms with Gasteiger partial charge >= 0.3 is 5.97 Å². The zero-order valence-corrected chi connectivity index (χ0v) is 11.5. The Morgan fingerprint density at radius 3 is 2.86 bits per heavy atom. The Hall–Kier alpha value is -2.72. The number of carboxylic acid groups (broad SMARTS) is 1. The van der Waals surface area contributed by atoms with Gasteiger partial charge in [0.2, 0.25) is 5.43 Å². The molecule has 7 heteroatoms. The zero-order valence-electron chi connectivity index (χ0n) is 11.5. The molecule has 2 heterocycles. The maximum atomic E-state index is 14.0. The number of carbonyl (C=O) groups is 1. The lowest BCUT2D eigenvalue weighted by Crippen LogP contribution is -2.20. The van der Waals surface area contributed by atoms with E-state index in [0.717, 1.165) is 18.9 Å². The van der Waals surface area contributed by atoms with E-state index in [-0.39, 0.29) is 34.9 Å². The van der Waals surface area contributed by atoms with Gasteiger partial charge in [-0.2, -0.15) is 0 Å². The number of hydrogen-bond donors (Lipinski definition) is 2. The number of nitrogens with zero attached hydrogens (tertiary/aromatic N) is 2. The van der Waals surface area contributed by atoms with Crippen LogP contribution in [0.4, 0.5) is 4.39 Å². The Bertz CT molecular complexity index is 904. The van der Waals surface area contributed by atoms with E-state index in [1.807, 2.05) is 0 Å². The van der Waals surface area contributed by atoms with Gasteiger partial charge in [-0.05, 0) is 24.8 Å². The second-order valence-corrected chi connectivity index (χ2v) is 5.01. The molecule has 0 spiro atoms. The number of pyridine rings is 2. The van der Waals surface area contributed by atoms with Crippen molar-refractivity contribution >= 4 is 17.0 Å². The molecule has 0 saturated heterocycles. The number of aromatic carboxylic acids is 1. The van der Waals surface area contributed by atoms with Gasteiger partial charge in [0.25, 0.3) is 0 Å². The van der Waals surface area contributed by atoms with Crippen LogP contribution in [-0.2, 0) is 0 Å². The normalized spacial score (nSPS) is 13.7. The fourth-order valence-corrected chi connectivity index (χ4v) is 2.25. The van der Waals surface area contributed by atoms with E-state index in [1.54, 1.807) is 4.57 Å². The molecule has 1 saturated carbocycles. The topological polar surface area (TPSA) is 98.2 Å². The highest BCUT2D eigenvalue weighted by Gasteiger charge is 2.28. The van der Waals surface area contributed by atoms with E-state index in [0.29, 0.717) is 0 Å². The third-order valence-corrected chi connectivity index (χ3v) is 3.44. The van der Waals surface area contributed by atoms with Crippen LogP contribution in [0.25, 0.3) is 11.0 Å². The summed E-state index contributed by atoms with van der Waals surface area (Å²) in [5, 5.41) is 9.07. The van der Waals surface area contributed by atoms with Gasteiger partial charge < -0.3 is 15.4 Å². The lowest BCUT2D eigenvalue weighted by molar-refractivity contribution is 0.0695. The molecule has 0 aliphatic heterocycles. The molecule has 2 aromatic heterocycles. The first-order chi connectivity index (χ1) is 10.5. The first-order valence-corrected chi connectivity index (χ1v) is 6.70. The number of hydrogen-bond acceptors (Lipinski definition) is 4. The predicted octanol–water partition coefficient (Wildman–Crippen LogP) is 0.879. The summed E-state index contributed by atoms with van der Waals surface area (Å²) in [7, 11) is 0. The Morgan fingerprint density at radius 2 is 2.27 bits per heavy atom. The molecular weight excluding hydrogens is 289 g/mol. The monoisotopic (exact) mass is 301 g/mol. The van der Waals surface area contributed by atoms with Gasteiger partial charge in [0.15, 0.2) is 11.5 Å². The number of nitrogens with two attached hydrogens (primary N) is 1. The second kappa shape index (κ2) is 5.24. The van der Waals surface area contributed by atoms with Crippen molar-refractivity contribution in [3.8, 4) is 11.8 Å². The molecular formula is C15H12FN3O3. The zero-order chi connectivity index (χ0) is 15.9. The summed E-state index contributed by atoms with van der Waals surface area (Å²) in [5.74, 6) is 2.92. The Kier molecular flexibility index (Phi) is 3.39. The molecule has 0 aromatic carbocycles. The highest BCUT2D eigenvalue weighted by atomic mass is 19.1. The minimum Gasteiger partial charge on any atom is -0.477 e. The summed E-state index contributed by atoms with van der Waals surface area (Å²) in [6.45, 7) is 0.0620. The highest BCUT2D eigenvalue weighted by molar-refractivity contribution is 5.91. The number of aromatic nitrogens is 2. The van der Waals surface area contributed by atoms with Crippen LogP contribution >= 0.6 is 0 Å². The smallest absolute Gasteiger partial charge is 0.341 e. The van der Waals surface area contributed by atoms with Gasteiger partial charge in [0, 0.05) is 12.2 Å². The number of halogens is 1. The second-order valence-electron chi connectivity index (χ2n) is 5.01. The Balaban J connectivity index is 2.36.